The summed E-state index contributed by atoms with van der Waals surface area (Å²) in [5.41, 5.74) is 7.28. The molecule has 5 rings (SSSR count). The maximum Gasteiger partial charge on any atom is 0.319 e. The van der Waals surface area contributed by atoms with Crippen molar-refractivity contribution in [3.63, 3.8) is 0 Å². The van der Waals surface area contributed by atoms with Gasteiger partial charge in [0.1, 0.15) is 0 Å². The molecule has 0 spiro atoms. The van der Waals surface area contributed by atoms with Gasteiger partial charge in [-0.3, -0.25) is 9.59 Å². The zero-order valence-corrected chi connectivity index (χ0v) is 21.9. The van der Waals surface area contributed by atoms with Crippen molar-refractivity contribution < 1.29 is 19.1 Å². The molecule has 1 atom stereocenters. The number of hydrogen-bond donors (Lipinski definition) is 4. The third kappa shape index (κ3) is 6.61. The highest BCUT2D eigenvalue weighted by molar-refractivity contribution is 5.97. The van der Waals surface area contributed by atoms with Gasteiger partial charge in [0, 0.05) is 49.2 Å². The molecule has 0 saturated carbocycles. The molecule has 0 bridgehead atoms. The largest absolute Gasteiger partial charge is 0.378 e. The zero-order valence-electron chi connectivity index (χ0n) is 21.9. The van der Waals surface area contributed by atoms with E-state index in [0.29, 0.717) is 62.3 Å². The molecule has 0 aliphatic carbocycles. The third-order valence-corrected chi connectivity index (χ3v) is 6.67. The molecule has 3 heterocycles. The number of anilines is 4. The van der Waals surface area contributed by atoms with Crippen molar-refractivity contribution in [1.82, 2.24) is 25.4 Å². The predicted molar refractivity (Wildman–Crippen MR) is 149 cm³/mol. The number of benzene rings is 2. The summed E-state index contributed by atoms with van der Waals surface area (Å²) < 4.78 is 5.32. The van der Waals surface area contributed by atoms with Gasteiger partial charge in [0.05, 0.1) is 13.2 Å². The highest BCUT2D eigenvalue weighted by Crippen LogP contribution is 2.22. The minimum absolute atomic E-state index is 0.0654. The van der Waals surface area contributed by atoms with Gasteiger partial charge in [-0.2, -0.15) is 4.98 Å². The number of piperidine rings is 1. The molecule has 5 N–H and O–H groups in total. The zero-order chi connectivity index (χ0) is 27.9. The van der Waals surface area contributed by atoms with E-state index in [1.54, 1.807) is 29.2 Å². The van der Waals surface area contributed by atoms with Crippen LogP contribution in [0.3, 0.4) is 0 Å². The lowest BCUT2D eigenvalue weighted by atomic mass is 10.1. The van der Waals surface area contributed by atoms with E-state index in [1.807, 2.05) is 35.2 Å². The van der Waals surface area contributed by atoms with E-state index in [1.165, 1.54) is 0 Å². The number of rotatable bonds is 7. The van der Waals surface area contributed by atoms with Gasteiger partial charge in [-0.05, 0) is 49.2 Å². The summed E-state index contributed by atoms with van der Waals surface area (Å²) in [7, 11) is 0. The lowest BCUT2D eigenvalue weighted by Crippen LogP contribution is -2.49. The first-order chi connectivity index (χ1) is 19.5. The van der Waals surface area contributed by atoms with Crippen LogP contribution in [0.25, 0.3) is 0 Å². The Labute approximate surface area is 231 Å². The van der Waals surface area contributed by atoms with Crippen molar-refractivity contribution in [2.45, 2.75) is 18.9 Å². The summed E-state index contributed by atoms with van der Waals surface area (Å²) in [4.78, 5) is 45.5. The monoisotopic (exact) mass is 545 g/mol. The second-order valence-electron chi connectivity index (χ2n) is 9.53. The van der Waals surface area contributed by atoms with E-state index in [0.717, 1.165) is 12.8 Å². The fourth-order valence-corrected chi connectivity index (χ4v) is 4.64. The number of nitrogens with two attached hydrogens (primary N) is 1. The van der Waals surface area contributed by atoms with Gasteiger partial charge in [0.2, 0.25) is 5.95 Å². The van der Waals surface area contributed by atoms with Crippen LogP contribution in [0, 0.1) is 0 Å². The van der Waals surface area contributed by atoms with Crippen LogP contribution in [0.1, 0.15) is 33.7 Å². The first-order valence-corrected chi connectivity index (χ1v) is 13.1. The van der Waals surface area contributed by atoms with Crippen molar-refractivity contribution in [3.05, 3.63) is 65.9 Å². The Morgan fingerprint density at radius 1 is 0.925 bits per heavy atom. The number of morpholine rings is 1. The molecule has 3 aromatic rings. The molecule has 2 saturated heterocycles. The van der Waals surface area contributed by atoms with E-state index < -0.39 is 5.91 Å². The van der Waals surface area contributed by atoms with Gasteiger partial charge in [-0.25, -0.2) is 4.79 Å². The maximum absolute atomic E-state index is 12.7. The van der Waals surface area contributed by atoms with Crippen LogP contribution in [0.2, 0.25) is 0 Å². The first-order valence-electron chi connectivity index (χ1n) is 13.1. The second-order valence-corrected chi connectivity index (χ2v) is 9.53. The molecule has 2 aliphatic heterocycles. The fraction of sp³-hybridized carbons (Fsp3) is 0.333. The smallest absolute Gasteiger partial charge is 0.319 e. The minimum atomic E-state index is -0.774. The van der Waals surface area contributed by atoms with Crippen LogP contribution in [0.4, 0.5) is 27.9 Å². The second kappa shape index (κ2) is 12.4. The van der Waals surface area contributed by atoms with Gasteiger partial charge in [-0.15, -0.1) is 10.2 Å². The Hall–Kier alpha value is -4.78. The molecule has 2 aliphatic rings. The molecular weight excluding hydrogens is 514 g/mol. The van der Waals surface area contributed by atoms with Crippen molar-refractivity contribution in [3.8, 4) is 0 Å². The number of nitrogens with one attached hydrogen (secondary N) is 3. The number of amides is 4. The average Bonchev–Trinajstić information content (AvgIpc) is 2.98. The molecule has 0 radical (unpaired) electrons. The quantitative estimate of drug-likeness (QED) is 0.347. The SMILES string of the molecule is NC(=O)c1nnc(N2CCCC(NC(=O)Nc3ccccc3)C2)nc1Nc1ccc(C(=O)N2CCOCC2)cc1. The van der Waals surface area contributed by atoms with Crippen molar-refractivity contribution in [2.75, 3.05) is 54.9 Å². The van der Waals surface area contributed by atoms with Gasteiger partial charge in [0.25, 0.3) is 11.8 Å². The molecule has 4 amide bonds. The molecule has 13 heteroatoms. The summed E-state index contributed by atoms with van der Waals surface area (Å²) in [6.07, 6.45) is 1.60. The van der Waals surface area contributed by atoms with Crippen LogP contribution < -0.4 is 26.6 Å². The topological polar surface area (TPSA) is 168 Å². The molecule has 13 nitrogen and oxygen atoms in total. The molecular formula is C27H31N9O4. The lowest BCUT2D eigenvalue weighted by molar-refractivity contribution is 0.0303. The minimum Gasteiger partial charge on any atom is -0.378 e. The van der Waals surface area contributed by atoms with Crippen molar-refractivity contribution >= 4 is 41.0 Å². The first kappa shape index (κ1) is 26.8. The molecule has 2 aromatic carbocycles. The Kier molecular flexibility index (Phi) is 8.30. The predicted octanol–water partition coefficient (Wildman–Crippen LogP) is 1.98. The molecule has 208 valence electrons. The van der Waals surface area contributed by atoms with E-state index in [4.69, 9.17) is 10.5 Å². The van der Waals surface area contributed by atoms with Gasteiger partial charge in [0.15, 0.2) is 11.5 Å². The Morgan fingerprint density at radius 2 is 1.68 bits per heavy atom. The number of hydrogen-bond acceptors (Lipinski definition) is 9. The lowest BCUT2D eigenvalue weighted by Gasteiger charge is -2.33. The molecule has 40 heavy (non-hydrogen) atoms. The van der Waals surface area contributed by atoms with Crippen molar-refractivity contribution in [2.24, 2.45) is 5.73 Å². The Balaban J connectivity index is 1.26. The summed E-state index contributed by atoms with van der Waals surface area (Å²) >= 11 is 0. The number of carbonyl (C=O) groups excluding carboxylic acids is 3. The van der Waals surface area contributed by atoms with Crippen LogP contribution in [-0.4, -0.2) is 83.4 Å². The standard InChI is InChI=1S/C27H31N9O4/c28-23(37)22-24(29-20-10-8-18(9-11-20)25(38)35-13-15-40-16-14-35)32-26(34-33-22)36-12-4-7-21(17-36)31-27(39)30-19-5-2-1-3-6-19/h1-3,5-6,8-11,21H,4,7,12-17H2,(H2,28,37)(H,29,32,34)(H2,30,31,39). The number of ether oxygens (including phenoxy) is 1. The highest BCUT2D eigenvalue weighted by Gasteiger charge is 2.25. The molecule has 1 unspecified atom stereocenters. The number of para-hydroxylation sites is 1. The molecule has 1 aromatic heterocycles. The normalized spacial score (nSPS) is 17.1. The number of aromatic nitrogens is 3. The van der Waals surface area contributed by atoms with E-state index in [9.17, 15) is 14.4 Å². The summed E-state index contributed by atoms with van der Waals surface area (Å²) in [6, 6.07) is 15.7. The Morgan fingerprint density at radius 3 is 2.40 bits per heavy atom. The van der Waals surface area contributed by atoms with Crippen LogP contribution in [-0.2, 0) is 4.74 Å². The van der Waals surface area contributed by atoms with Gasteiger partial charge >= 0.3 is 6.03 Å². The van der Waals surface area contributed by atoms with E-state index >= 15 is 0 Å². The van der Waals surface area contributed by atoms with E-state index in [-0.39, 0.29) is 29.5 Å². The average molecular weight is 546 g/mol. The summed E-state index contributed by atoms with van der Waals surface area (Å²) in [6.45, 7) is 3.30. The number of urea groups is 1. The Bertz CT molecular complexity index is 1350. The van der Waals surface area contributed by atoms with Crippen molar-refractivity contribution in [1.29, 1.82) is 0 Å². The van der Waals surface area contributed by atoms with Crippen LogP contribution in [0.5, 0.6) is 0 Å². The van der Waals surface area contributed by atoms with E-state index in [2.05, 4.69) is 31.1 Å². The van der Waals surface area contributed by atoms with Crippen LogP contribution in [0.15, 0.2) is 54.6 Å². The fourth-order valence-electron chi connectivity index (χ4n) is 4.64. The van der Waals surface area contributed by atoms with Gasteiger partial charge < -0.3 is 36.2 Å². The van der Waals surface area contributed by atoms with Crippen LogP contribution >= 0.6 is 0 Å². The maximum atomic E-state index is 12.7. The highest BCUT2D eigenvalue weighted by atomic mass is 16.5. The molecule has 2 fully saturated rings. The van der Waals surface area contributed by atoms with Gasteiger partial charge in [-0.1, -0.05) is 18.2 Å². The summed E-state index contributed by atoms with van der Waals surface area (Å²) in [5.74, 6) is -0.378. The number of nitrogens with zero attached hydrogens (tertiary/aromatic N) is 5. The number of carbonyl (C=O) groups is 3. The number of primary amides is 1. The summed E-state index contributed by atoms with van der Waals surface area (Å²) in [5, 5.41) is 17.1. The third-order valence-electron chi connectivity index (χ3n) is 6.67.